The molecule has 1 heterocycles. The van der Waals surface area contributed by atoms with Crippen LogP contribution < -0.4 is 5.09 Å². The number of hydrogen-bond donors (Lipinski definition) is 1. The highest BCUT2D eigenvalue weighted by atomic mass is 31.3. The molecule has 0 amide bonds. The van der Waals surface area contributed by atoms with Crippen LogP contribution in [0.4, 0.5) is 26.7 Å². The Morgan fingerprint density at radius 2 is 1.38 bits per heavy atom. The van der Waals surface area contributed by atoms with Crippen LogP contribution in [-0.4, -0.2) is 0 Å². The summed E-state index contributed by atoms with van der Waals surface area (Å²) >= 11 is 0. The molecule has 3 rings (SSSR count). The maximum absolute atomic E-state index is 14.4. The lowest BCUT2D eigenvalue weighted by Crippen LogP contribution is -2.04. The third kappa shape index (κ3) is 4.50. The molecule has 24 heavy (non-hydrogen) atoms. The fraction of sp³-hybridized carbons (Fsp3) is 0.500. The van der Waals surface area contributed by atoms with Crippen molar-refractivity contribution >= 4 is 29.0 Å². The minimum Gasteiger partial charge on any atom is -0.310 e. The number of hydrogen-bond acceptors (Lipinski definition) is 4. The minimum atomic E-state index is -5.68. The van der Waals surface area contributed by atoms with Crippen molar-refractivity contribution < 1.29 is 21.0 Å². The average molecular weight is 404 g/mol. The van der Waals surface area contributed by atoms with E-state index in [1.165, 1.54) is 18.6 Å². The number of benzene rings is 1. The molecule has 1 N–H and O–H groups in total. The molecule has 4 nitrogen and oxygen atoms in total. The Balaban J connectivity index is 1.82. The normalized spacial score (nSPS) is 29.0. The van der Waals surface area contributed by atoms with Gasteiger partial charge in [-0.1, -0.05) is 31.4 Å². The molecule has 0 saturated heterocycles. The van der Waals surface area contributed by atoms with E-state index >= 15 is 0 Å². The molecule has 1 aromatic rings. The van der Waals surface area contributed by atoms with E-state index in [2.05, 4.69) is 9.03 Å². The van der Waals surface area contributed by atoms with Crippen molar-refractivity contribution in [1.82, 2.24) is 0 Å². The summed E-state index contributed by atoms with van der Waals surface area (Å²) in [5, 5.41) is 2.05. The van der Waals surface area contributed by atoms with E-state index in [9.17, 15) is 21.0 Å². The SMILES string of the molecule is FP1(F)=NP(F)(F)=NP(F)(Nc2ccc(C3CCCCC3)cc2)=N1. The molecule has 0 spiro atoms. The van der Waals surface area contributed by atoms with Gasteiger partial charge in [0.15, 0.2) is 0 Å². The first-order valence-corrected chi connectivity index (χ1v) is 12.0. The third-order valence-corrected chi connectivity index (χ3v) is 9.81. The van der Waals surface area contributed by atoms with Crippen molar-refractivity contribution in [3.05, 3.63) is 29.8 Å². The van der Waals surface area contributed by atoms with Gasteiger partial charge in [0.2, 0.25) is 0 Å². The van der Waals surface area contributed by atoms with E-state index in [0.717, 1.165) is 31.2 Å². The molecule has 1 fully saturated rings. The van der Waals surface area contributed by atoms with E-state index in [1.54, 1.807) is 12.1 Å². The smallest absolute Gasteiger partial charge is 0.310 e. The number of nitrogens with one attached hydrogen (secondary N) is 1. The summed E-state index contributed by atoms with van der Waals surface area (Å²) in [6, 6.07) is 6.52. The summed E-state index contributed by atoms with van der Waals surface area (Å²) in [5.74, 6) is 0.426. The Bertz CT molecular complexity index is 769. The van der Waals surface area contributed by atoms with E-state index in [4.69, 9.17) is 0 Å². The van der Waals surface area contributed by atoms with Crippen LogP contribution in [0, 0.1) is 0 Å². The zero-order chi connectivity index (χ0) is 17.4. The highest BCUT2D eigenvalue weighted by Gasteiger charge is 2.39. The fourth-order valence-electron chi connectivity index (χ4n) is 2.94. The summed E-state index contributed by atoms with van der Waals surface area (Å²) in [5.41, 5.74) is 1.19. The largest absolute Gasteiger partial charge is 0.424 e. The van der Waals surface area contributed by atoms with Crippen LogP contribution in [0.15, 0.2) is 37.8 Å². The highest BCUT2D eigenvalue weighted by Crippen LogP contribution is 2.81. The Labute approximate surface area is 137 Å². The van der Waals surface area contributed by atoms with Gasteiger partial charge >= 0.3 is 23.3 Å². The van der Waals surface area contributed by atoms with E-state index in [0.29, 0.717) is 5.92 Å². The summed E-state index contributed by atoms with van der Waals surface area (Å²) in [6.45, 7) is 0. The average Bonchev–Trinajstić information content (AvgIpc) is 2.44. The minimum absolute atomic E-state index is 0.111. The summed E-state index contributed by atoms with van der Waals surface area (Å²) < 4.78 is 74.5. The van der Waals surface area contributed by atoms with Gasteiger partial charge in [-0.3, -0.25) is 0 Å². The van der Waals surface area contributed by atoms with Crippen LogP contribution in [0.5, 0.6) is 0 Å². The van der Waals surface area contributed by atoms with E-state index < -0.39 is 23.3 Å². The second-order valence-corrected chi connectivity index (χ2v) is 11.0. The monoisotopic (exact) mass is 404 g/mol. The Morgan fingerprint density at radius 1 is 0.792 bits per heavy atom. The molecular formula is C12H16F5N4P3. The van der Waals surface area contributed by atoms with Gasteiger partial charge in [-0.25, -0.2) is 0 Å². The first kappa shape index (κ1) is 18.2. The quantitative estimate of drug-likeness (QED) is 0.397. The van der Waals surface area contributed by atoms with Crippen LogP contribution >= 0.6 is 23.3 Å². The third-order valence-electron chi connectivity index (χ3n) is 3.93. The number of rotatable bonds is 3. The van der Waals surface area contributed by atoms with Crippen molar-refractivity contribution in [2.45, 2.75) is 38.0 Å². The van der Waals surface area contributed by atoms with Gasteiger partial charge in [-0.2, -0.15) is 4.20 Å². The van der Waals surface area contributed by atoms with Crippen LogP contribution in [0.3, 0.4) is 0 Å². The van der Waals surface area contributed by atoms with Gasteiger partial charge in [-0.05, 0) is 36.5 Å². The predicted octanol–water partition coefficient (Wildman–Crippen LogP) is 8.85. The van der Waals surface area contributed by atoms with Gasteiger partial charge < -0.3 is 5.09 Å². The molecule has 1 saturated carbocycles. The Morgan fingerprint density at radius 3 is 1.96 bits per heavy atom. The summed E-state index contributed by atoms with van der Waals surface area (Å²) in [4.78, 5) is 0. The number of halogens is 5. The van der Waals surface area contributed by atoms with Gasteiger partial charge in [0.25, 0.3) is 0 Å². The number of nitrogens with zero attached hydrogens (tertiary/aromatic N) is 3. The Hall–Kier alpha value is -0.640. The molecule has 0 aromatic heterocycles. The van der Waals surface area contributed by atoms with Crippen molar-refractivity contribution in [2.24, 2.45) is 13.5 Å². The van der Waals surface area contributed by atoms with Gasteiger partial charge in [0, 0.05) is 5.69 Å². The molecule has 134 valence electrons. The molecule has 1 aromatic carbocycles. The van der Waals surface area contributed by atoms with Crippen LogP contribution in [0.25, 0.3) is 0 Å². The lowest BCUT2D eigenvalue weighted by atomic mass is 9.84. The molecule has 1 atom stereocenters. The first-order chi connectivity index (χ1) is 11.2. The van der Waals surface area contributed by atoms with Crippen molar-refractivity contribution in [3.63, 3.8) is 0 Å². The predicted molar refractivity (Wildman–Crippen MR) is 89.5 cm³/mol. The lowest BCUT2D eigenvalue weighted by Gasteiger charge is -2.22. The van der Waals surface area contributed by atoms with Gasteiger partial charge in [0.05, 0.1) is 0 Å². The molecule has 2 aliphatic rings. The molecule has 12 heteroatoms. The van der Waals surface area contributed by atoms with Crippen molar-refractivity contribution in [2.75, 3.05) is 5.09 Å². The van der Waals surface area contributed by atoms with Crippen LogP contribution in [-0.2, 0) is 0 Å². The van der Waals surface area contributed by atoms with Crippen LogP contribution in [0.1, 0.15) is 43.6 Å². The molecule has 1 unspecified atom stereocenters. The van der Waals surface area contributed by atoms with E-state index in [1.807, 2.05) is 9.60 Å². The fourth-order valence-corrected chi connectivity index (χ4v) is 8.49. The van der Waals surface area contributed by atoms with Crippen molar-refractivity contribution in [1.29, 1.82) is 0 Å². The molecule has 1 aliphatic carbocycles. The summed E-state index contributed by atoms with van der Waals surface area (Å²) in [6.07, 6.45) is 5.68. The maximum Gasteiger partial charge on any atom is 0.424 e. The topological polar surface area (TPSA) is 49.1 Å². The highest BCUT2D eigenvalue weighted by molar-refractivity contribution is 7.79. The van der Waals surface area contributed by atoms with Crippen molar-refractivity contribution in [3.8, 4) is 0 Å². The molecule has 0 radical (unpaired) electrons. The zero-order valence-corrected chi connectivity index (χ0v) is 15.2. The zero-order valence-electron chi connectivity index (χ0n) is 12.5. The second-order valence-electron chi connectivity index (χ2n) is 5.77. The second kappa shape index (κ2) is 6.59. The molecular weight excluding hydrogens is 388 g/mol. The first-order valence-electron chi connectivity index (χ1n) is 7.45. The standard InChI is InChI=1S/C12H16F5N4P3/c13-22(14)19-23(15,16)21-24(17,20-22)18-12-8-6-11(7-9-12)10-4-2-1-3-5-10/h6-10,18H,1-5H2. The van der Waals surface area contributed by atoms with E-state index in [-0.39, 0.29) is 5.69 Å². The van der Waals surface area contributed by atoms with Gasteiger partial charge in [0.1, 0.15) is 0 Å². The lowest BCUT2D eigenvalue weighted by molar-refractivity contribution is 0.443. The van der Waals surface area contributed by atoms with Crippen LogP contribution in [0.2, 0.25) is 0 Å². The Kier molecular flexibility index (Phi) is 4.98. The molecule has 0 bridgehead atoms. The molecule has 1 aliphatic heterocycles. The summed E-state index contributed by atoms with van der Waals surface area (Å²) in [7, 11) is -16.2. The number of anilines is 1. The van der Waals surface area contributed by atoms with Gasteiger partial charge in [-0.15, -0.1) is 30.3 Å². The maximum atomic E-state index is 14.4.